The van der Waals surface area contributed by atoms with Crippen molar-refractivity contribution in [1.29, 1.82) is 0 Å². The fourth-order valence-corrected chi connectivity index (χ4v) is 11.1. The van der Waals surface area contributed by atoms with Crippen LogP contribution in [0.15, 0.2) is 0 Å². The molecule has 0 atom stereocenters. The van der Waals surface area contributed by atoms with E-state index in [0.29, 0.717) is 13.2 Å². The molecule has 0 amide bonds. The van der Waals surface area contributed by atoms with Crippen molar-refractivity contribution >= 4 is 20.0 Å². The van der Waals surface area contributed by atoms with Gasteiger partial charge in [0.15, 0.2) is 0 Å². The van der Waals surface area contributed by atoms with Crippen LogP contribution in [-0.2, 0) is 12.3 Å². The summed E-state index contributed by atoms with van der Waals surface area (Å²) >= 11 is -4.08. The Labute approximate surface area is 172 Å². The maximum absolute atomic E-state index is 6.59. The van der Waals surface area contributed by atoms with Gasteiger partial charge in [-0.1, -0.05) is 0 Å². The third-order valence-corrected chi connectivity index (χ3v) is 12.8. The molecule has 2 aliphatic rings. The molecule has 0 aromatic carbocycles. The van der Waals surface area contributed by atoms with Crippen molar-refractivity contribution in [2.45, 2.75) is 78.4 Å². The van der Waals surface area contributed by atoms with Crippen molar-refractivity contribution in [1.82, 2.24) is 9.80 Å². The van der Waals surface area contributed by atoms with Crippen LogP contribution in [0, 0.1) is 0 Å². The summed E-state index contributed by atoms with van der Waals surface area (Å²) in [5, 5.41) is 0. The summed E-state index contributed by atoms with van der Waals surface area (Å²) in [4.78, 5) is 4.89. The second-order valence-corrected chi connectivity index (χ2v) is 14.8. The fourth-order valence-electron chi connectivity index (χ4n) is 3.90. The van der Waals surface area contributed by atoms with Gasteiger partial charge >= 0.3 is 173 Å². The predicted octanol–water partition coefficient (Wildman–Crippen LogP) is 3.28. The van der Waals surface area contributed by atoms with E-state index in [1.54, 1.807) is 0 Å². The standard InChI is InChI=1S/2C10H21NO2.Sn/c2*1-4-5-6-11(7-8-12)9-10(2,3)13;/h2*4-9H2,1-3H3;/q2*-2;+4. The fraction of sp³-hybridized carbons (Fsp3) is 1.00. The van der Waals surface area contributed by atoms with Crippen LogP contribution in [0.25, 0.3) is 0 Å². The van der Waals surface area contributed by atoms with Gasteiger partial charge in [0, 0.05) is 0 Å². The van der Waals surface area contributed by atoms with Crippen molar-refractivity contribution in [2.75, 3.05) is 52.5 Å². The van der Waals surface area contributed by atoms with E-state index in [1.807, 2.05) is 0 Å². The SMILES string of the molecule is CCCCN1CC[O][Sn]2([O]CCN(CCCC)CC(C)(C)[O]2)[O]C(C)(C)C1. The Morgan fingerprint density at radius 2 is 1.15 bits per heavy atom. The van der Waals surface area contributed by atoms with Crippen molar-refractivity contribution in [2.24, 2.45) is 0 Å². The van der Waals surface area contributed by atoms with Crippen molar-refractivity contribution in [3.8, 4) is 0 Å². The van der Waals surface area contributed by atoms with E-state index in [9.17, 15) is 0 Å². The van der Waals surface area contributed by atoms with Crippen LogP contribution in [0.2, 0.25) is 0 Å². The molecule has 2 rings (SSSR count). The minimum atomic E-state index is -4.08. The number of nitrogens with zero attached hydrogens (tertiary/aromatic N) is 2. The zero-order valence-electron chi connectivity index (χ0n) is 18.5. The topological polar surface area (TPSA) is 43.4 Å². The molecule has 7 heteroatoms. The van der Waals surface area contributed by atoms with Gasteiger partial charge in [-0.15, -0.1) is 0 Å². The number of hydrogen-bond donors (Lipinski definition) is 0. The van der Waals surface area contributed by atoms with E-state index >= 15 is 0 Å². The van der Waals surface area contributed by atoms with Crippen molar-refractivity contribution < 1.29 is 12.3 Å². The molecule has 160 valence electrons. The molecule has 2 saturated heterocycles. The minimum absolute atomic E-state index is 0.332. The molecule has 0 bridgehead atoms. The quantitative estimate of drug-likeness (QED) is 0.530. The molecule has 6 nitrogen and oxygen atoms in total. The summed E-state index contributed by atoms with van der Waals surface area (Å²) in [6, 6.07) is 0. The summed E-state index contributed by atoms with van der Waals surface area (Å²) in [5.41, 5.74) is -0.664. The van der Waals surface area contributed by atoms with Gasteiger partial charge in [0.1, 0.15) is 0 Å². The summed E-state index contributed by atoms with van der Waals surface area (Å²) in [5.74, 6) is 0. The van der Waals surface area contributed by atoms with E-state index in [-0.39, 0.29) is 11.2 Å². The average molecular weight is 493 g/mol. The molecule has 0 radical (unpaired) electrons. The molecule has 2 fully saturated rings. The maximum atomic E-state index is 6.59. The normalized spacial score (nSPS) is 26.9. The van der Waals surface area contributed by atoms with Crippen LogP contribution in [0.3, 0.4) is 0 Å². The summed E-state index contributed by atoms with van der Waals surface area (Å²) in [6.45, 7) is 20.1. The van der Waals surface area contributed by atoms with Crippen molar-refractivity contribution in [3.05, 3.63) is 0 Å². The molecule has 0 N–H and O–H groups in total. The van der Waals surface area contributed by atoms with Gasteiger partial charge in [-0.3, -0.25) is 0 Å². The Bertz CT molecular complexity index is 408. The Morgan fingerprint density at radius 3 is 1.52 bits per heavy atom. The van der Waals surface area contributed by atoms with Crippen LogP contribution in [0.5, 0.6) is 0 Å². The second-order valence-electron chi connectivity index (χ2n) is 9.18. The van der Waals surface area contributed by atoms with Gasteiger partial charge in [-0.2, -0.15) is 0 Å². The molecule has 1 spiro atoms. The monoisotopic (exact) mass is 494 g/mol. The first kappa shape index (κ1) is 23.8. The first-order chi connectivity index (χ1) is 12.7. The molecule has 0 saturated carbocycles. The summed E-state index contributed by atoms with van der Waals surface area (Å²) in [7, 11) is 0. The molecule has 0 aliphatic carbocycles. The molecule has 0 aromatic rings. The summed E-state index contributed by atoms with van der Waals surface area (Å²) in [6.07, 6.45) is 4.82. The first-order valence-corrected chi connectivity index (χ1v) is 15.5. The molecular formula is C20H42N2O4Sn. The van der Waals surface area contributed by atoms with E-state index < -0.39 is 20.0 Å². The van der Waals surface area contributed by atoms with Crippen LogP contribution >= 0.6 is 0 Å². The summed E-state index contributed by atoms with van der Waals surface area (Å²) < 4.78 is 25.8. The third kappa shape index (κ3) is 8.07. The molecule has 2 heterocycles. The van der Waals surface area contributed by atoms with Gasteiger partial charge in [-0.25, -0.2) is 0 Å². The van der Waals surface area contributed by atoms with Gasteiger partial charge < -0.3 is 0 Å². The van der Waals surface area contributed by atoms with Gasteiger partial charge in [0.25, 0.3) is 0 Å². The Morgan fingerprint density at radius 1 is 0.741 bits per heavy atom. The van der Waals surface area contributed by atoms with Crippen molar-refractivity contribution in [3.63, 3.8) is 0 Å². The van der Waals surface area contributed by atoms with Crippen LogP contribution in [0.1, 0.15) is 67.2 Å². The second kappa shape index (κ2) is 10.5. The molecule has 2 aliphatic heterocycles. The van der Waals surface area contributed by atoms with Crippen LogP contribution < -0.4 is 0 Å². The van der Waals surface area contributed by atoms with E-state index in [1.165, 1.54) is 25.7 Å². The van der Waals surface area contributed by atoms with Gasteiger partial charge in [0.2, 0.25) is 0 Å². The number of hydrogen-bond acceptors (Lipinski definition) is 6. The van der Waals surface area contributed by atoms with E-state index in [0.717, 1.165) is 39.3 Å². The average Bonchev–Trinajstić information content (AvgIpc) is 2.53. The van der Waals surface area contributed by atoms with Gasteiger partial charge in [0.05, 0.1) is 0 Å². The first-order valence-electron chi connectivity index (χ1n) is 10.8. The van der Waals surface area contributed by atoms with E-state index in [2.05, 4.69) is 51.3 Å². The molecule has 27 heavy (non-hydrogen) atoms. The van der Waals surface area contributed by atoms with Gasteiger partial charge in [-0.05, 0) is 0 Å². The zero-order valence-corrected chi connectivity index (χ0v) is 21.4. The predicted molar refractivity (Wildman–Crippen MR) is 111 cm³/mol. The third-order valence-electron chi connectivity index (χ3n) is 5.04. The Balaban J connectivity index is 2.07. The molecule has 0 unspecified atom stereocenters. The molecule has 0 aromatic heterocycles. The molecular weight excluding hydrogens is 451 g/mol. The Kier molecular flexibility index (Phi) is 9.31. The number of rotatable bonds is 6. The Hall–Kier alpha value is 0.559. The zero-order chi connectivity index (χ0) is 20.0. The number of unbranched alkanes of at least 4 members (excludes halogenated alkanes) is 2. The van der Waals surface area contributed by atoms with Crippen LogP contribution in [0.4, 0.5) is 0 Å². The van der Waals surface area contributed by atoms with Crippen LogP contribution in [-0.4, -0.2) is 93.5 Å². The van der Waals surface area contributed by atoms with E-state index in [4.69, 9.17) is 12.3 Å².